The fourth-order valence-corrected chi connectivity index (χ4v) is 3.96. The van der Waals surface area contributed by atoms with E-state index in [9.17, 15) is 4.79 Å². The summed E-state index contributed by atoms with van der Waals surface area (Å²) in [6, 6.07) is 9.68. The molecule has 3 aromatic rings. The maximum atomic E-state index is 12.4. The van der Waals surface area contributed by atoms with Crippen molar-refractivity contribution in [2.75, 3.05) is 23.3 Å². The van der Waals surface area contributed by atoms with Gasteiger partial charge in [0.2, 0.25) is 5.13 Å². The Morgan fingerprint density at radius 3 is 2.60 bits per heavy atom. The summed E-state index contributed by atoms with van der Waals surface area (Å²) in [6.45, 7) is 6.27. The Bertz CT molecular complexity index is 812. The summed E-state index contributed by atoms with van der Waals surface area (Å²) in [6.07, 6.45) is 1.10. The molecule has 0 unspecified atom stereocenters. The summed E-state index contributed by atoms with van der Waals surface area (Å²) >= 11 is 2.99. The summed E-state index contributed by atoms with van der Waals surface area (Å²) in [4.78, 5) is 14.7. The van der Waals surface area contributed by atoms with Gasteiger partial charge in [-0.05, 0) is 49.1 Å². The number of carbonyl (C=O) groups excluding carboxylic acids is 1. The normalized spacial score (nSPS) is 10.6. The molecule has 0 atom stereocenters. The van der Waals surface area contributed by atoms with Gasteiger partial charge in [-0.1, -0.05) is 18.3 Å². The van der Waals surface area contributed by atoms with Crippen molar-refractivity contribution in [3.8, 4) is 10.6 Å². The summed E-state index contributed by atoms with van der Waals surface area (Å²) < 4.78 is 0. The van der Waals surface area contributed by atoms with E-state index < -0.39 is 0 Å². The van der Waals surface area contributed by atoms with Crippen LogP contribution in [0.4, 0.5) is 10.8 Å². The van der Waals surface area contributed by atoms with Gasteiger partial charge in [0.15, 0.2) is 0 Å². The lowest BCUT2D eigenvalue weighted by atomic mass is 10.2. The van der Waals surface area contributed by atoms with E-state index in [0.717, 1.165) is 35.8 Å². The first-order chi connectivity index (χ1) is 12.2. The SMILES string of the molecule is CCCN(CC)c1ccc(C(=O)Nc2nnc(-c3ccsc3)s2)cc1. The highest BCUT2D eigenvalue weighted by atomic mass is 32.1. The molecular formula is C18H20N4OS2. The molecule has 2 aromatic heterocycles. The van der Waals surface area contributed by atoms with Crippen LogP contribution in [0.15, 0.2) is 41.1 Å². The van der Waals surface area contributed by atoms with Crippen molar-refractivity contribution < 1.29 is 4.79 Å². The molecule has 3 rings (SSSR count). The topological polar surface area (TPSA) is 58.1 Å². The number of hydrogen-bond acceptors (Lipinski definition) is 6. The minimum atomic E-state index is -0.168. The number of rotatable bonds is 7. The van der Waals surface area contributed by atoms with Crippen LogP contribution in [-0.4, -0.2) is 29.2 Å². The summed E-state index contributed by atoms with van der Waals surface area (Å²) in [5.74, 6) is -0.168. The van der Waals surface area contributed by atoms with Gasteiger partial charge < -0.3 is 4.90 Å². The number of amides is 1. The summed E-state index contributed by atoms with van der Waals surface area (Å²) in [7, 11) is 0. The highest BCUT2D eigenvalue weighted by Crippen LogP contribution is 2.28. The number of nitrogens with one attached hydrogen (secondary N) is 1. The van der Waals surface area contributed by atoms with Crippen molar-refractivity contribution in [1.29, 1.82) is 0 Å². The molecule has 0 radical (unpaired) electrons. The number of aromatic nitrogens is 2. The van der Waals surface area contributed by atoms with Crippen molar-refractivity contribution >= 4 is 39.4 Å². The fourth-order valence-electron chi connectivity index (χ4n) is 2.51. The van der Waals surface area contributed by atoms with Gasteiger partial charge in [0, 0.05) is 35.3 Å². The number of hydrogen-bond donors (Lipinski definition) is 1. The molecule has 130 valence electrons. The van der Waals surface area contributed by atoms with E-state index in [1.807, 2.05) is 41.1 Å². The third-order valence-electron chi connectivity index (χ3n) is 3.78. The van der Waals surface area contributed by atoms with Gasteiger partial charge in [-0.3, -0.25) is 10.1 Å². The lowest BCUT2D eigenvalue weighted by Crippen LogP contribution is -2.23. The van der Waals surface area contributed by atoms with Gasteiger partial charge in [-0.15, -0.1) is 10.2 Å². The van der Waals surface area contributed by atoms with Gasteiger partial charge in [-0.25, -0.2) is 0 Å². The molecule has 0 bridgehead atoms. The highest BCUT2D eigenvalue weighted by Gasteiger charge is 2.12. The first kappa shape index (κ1) is 17.6. The van der Waals surface area contributed by atoms with E-state index in [-0.39, 0.29) is 5.91 Å². The third-order valence-corrected chi connectivity index (χ3v) is 5.35. The van der Waals surface area contributed by atoms with Crippen LogP contribution in [0.3, 0.4) is 0 Å². The number of thiophene rings is 1. The molecule has 7 heteroatoms. The van der Waals surface area contributed by atoms with Crippen LogP contribution in [0.1, 0.15) is 30.6 Å². The molecule has 2 heterocycles. The second-order valence-corrected chi connectivity index (χ2v) is 7.26. The van der Waals surface area contributed by atoms with E-state index in [1.54, 1.807) is 11.3 Å². The van der Waals surface area contributed by atoms with Crippen LogP contribution in [0.2, 0.25) is 0 Å². The monoisotopic (exact) mass is 372 g/mol. The van der Waals surface area contributed by atoms with Crippen molar-refractivity contribution in [2.24, 2.45) is 0 Å². The van der Waals surface area contributed by atoms with Crippen LogP contribution in [0.5, 0.6) is 0 Å². The van der Waals surface area contributed by atoms with Gasteiger partial charge in [-0.2, -0.15) is 11.3 Å². The Labute approximate surface area is 155 Å². The smallest absolute Gasteiger partial charge is 0.257 e. The maximum absolute atomic E-state index is 12.4. The molecule has 5 nitrogen and oxygen atoms in total. The minimum absolute atomic E-state index is 0.168. The summed E-state index contributed by atoms with van der Waals surface area (Å²) in [5.41, 5.74) is 2.78. The molecule has 0 aliphatic heterocycles. The molecule has 0 aliphatic carbocycles. The van der Waals surface area contributed by atoms with Crippen LogP contribution in [-0.2, 0) is 0 Å². The quantitative estimate of drug-likeness (QED) is 0.650. The number of nitrogens with zero attached hydrogens (tertiary/aromatic N) is 3. The molecule has 0 spiro atoms. The fraction of sp³-hybridized carbons (Fsp3) is 0.278. The molecule has 0 fully saturated rings. The third kappa shape index (κ3) is 4.24. The zero-order valence-corrected chi connectivity index (χ0v) is 15.9. The highest BCUT2D eigenvalue weighted by molar-refractivity contribution is 7.19. The zero-order chi connectivity index (χ0) is 17.6. The van der Waals surface area contributed by atoms with Crippen LogP contribution < -0.4 is 10.2 Å². The molecule has 0 saturated carbocycles. The molecule has 1 aromatic carbocycles. The average molecular weight is 373 g/mol. The predicted molar refractivity (Wildman–Crippen MR) is 106 cm³/mol. The van der Waals surface area contributed by atoms with Crippen molar-refractivity contribution in [1.82, 2.24) is 10.2 Å². The van der Waals surface area contributed by atoms with Crippen LogP contribution >= 0.6 is 22.7 Å². The number of carbonyl (C=O) groups is 1. The van der Waals surface area contributed by atoms with Gasteiger partial charge in [0.25, 0.3) is 5.91 Å². The lowest BCUT2D eigenvalue weighted by molar-refractivity contribution is 0.102. The molecule has 0 aliphatic rings. The van der Waals surface area contributed by atoms with Gasteiger partial charge >= 0.3 is 0 Å². The lowest BCUT2D eigenvalue weighted by Gasteiger charge is -2.22. The van der Waals surface area contributed by atoms with Crippen molar-refractivity contribution in [3.63, 3.8) is 0 Å². The Hall–Kier alpha value is -2.25. The van der Waals surface area contributed by atoms with Crippen LogP contribution in [0.25, 0.3) is 10.6 Å². The Balaban J connectivity index is 1.67. The Kier molecular flexibility index (Phi) is 5.78. The van der Waals surface area contributed by atoms with Gasteiger partial charge in [0.05, 0.1) is 0 Å². The second kappa shape index (κ2) is 8.22. The van der Waals surface area contributed by atoms with E-state index in [4.69, 9.17) is 0 Å². The largest absolute Gasteiger partial charge is 0.372 e. The average Bonchev–Trinajstić information content (AvgIpc) is 3.31. The van der Waals surface area contributed by atoms with Gasteiger partial charge in [0.1, 0.15) is 5.01 Å². The molecule has 1 N–H and O–H groups in total. The molecular weight excluding hydrogens is 352 g/mol. The van der Waals surface area contributed by atoms with E-state index in [1.165, 1.54) is 11.3 Å². The van der Waals surface area contributed by atoms with E-state index in [2.05, 4.69) is 34.3 Å². The zero-order valence-electron chi connectivity index (χ0n) is 14.2. The predicted octanol–water partition coefficient (Wildman–Crippen LogP) is 4.76. The second-order valence-electron chi connectivity index (χ2n) is 5.51. The first-order valence-electron chi connectivity index (χ1n) is 8.23. The standard InChI is InChI=1S/C18H20N4OS2/c1-3-10-22(4-2)15-7-5-13(6-8-15)16(23)19-18-21-20-17(25-18)14-9-11-24-12-14/h5-9,11-12H,3-4,10H2,1-2H3,(H,19,21,23). The van der Waals surface area contributed by atoms with E-state index >= 15 is 0 Å². The minimum Gasteiger partial charge on any atom is -0.372 e. The van der Waals surface area contributed by atoms with E-state index in [0.29, 0.717) is 10.7 Å². The molecule has 1 amide bonds. The Morgan fingerprint density at radius 1 is 1.16 bits per heavy atom. The molecule has 0 saturated heterocycles. The summed E-state index contributed by atoms with van der Waals surface area (Å²) in [5, 5.41) is 16.3. The van der Waals surface area contributed by atoms with Crippen molar-refractivity contribution in [2.45, 2.75) is 20.3 Å². The molecule has 25 heavy (non-hydrogen) atoms. The number of benzene rings is 1. The Morgan fingerprint density at radius 2 is 1.96 bits per heavy atom. The van der Waals surface area contributed by atoms with Crippen molar-refractivity contribution in [3.05, 3.63) is 46.7 Å². The van der Waals surface area contributed by atoms with Crippen LogP contribution in [0, 0.1) is 0 Å². The first-order valence-corrected chi connectivity index (χ1v) is 9.99. The maximum Gasteiger partial charge on any atom is 0.257 e. The number of anilines is 2.